The summed E-state index contributed by atoms with van der Waals surface area (Å²) in [6.45, 7) is 2.04. The first-order valence-corrected chi connectivity index (χ1v) is 9.33. The van der Waals surface area contributed by atoms with Gasteiger partial charge in [0.2, 0.25) is 5.91 Å². The summed E-state index contributed by atoms with van der Waals surface area (Å²) in [5.74, 6) is 1.23. The van der Waals surface area contributed by atoms with Crippen LogP contribution in [0.1, 0.15) is 16.7 Å². The molecule has 1 amide bonds. The van der Waals surface area contributed by atoms with Crippen LogP contribution in [0.2, 0.25) is 0 Å². The first-order valence-electron chi connectivity index (χ1n) is 8.45. The molecule has 0 radical (unpaired) electrons. The molecule has 1 aliphatic rings. The Morgan fingerprint density at radius 3 is 2.56 bits per heavy atom. The lowest BCUT2D eigenvalue weighted by Gasteiger charge is -2.07. The zero-order valence-corrected chi connectivity index (χ0v) is 16.2. The maximum atomic E-state index is 12.1. The van der Waals surface area contributed by atoms with Crippen molar-refractivity contribution >= 4 is 29.1 Å². The van der Waals surface area contributed by atoms with E-state index in [2.05, 4.69) is 27.7 Å². The molecule has 1 atom stereocenters. The number of amides is 1. The maximum absolute atomic E-state index is 12.1. The first kappa shape index (κ1) is 19.0. The highest BCUT2D eigenvalue weighted by Gasteiger charge is 2.30. The van der Waals surface area contributed by atoms with Crippen LogP contribution >= 0.6 is 11.8 Å². The number of ether oxygens (including phenoxy) is 2. The van der Waals surface area contributed by atoms with Crippen LogP contribution in [0.4, 0.5) is 0 Å². The van der Waals surface area contributed by atoms with E-state index in [1.54, 1.807) is 26.5 Å². The second kappa shape index (κ2) is 8.73. The van der Waals surface area contributed by atoms with Crippen molar-refractivity contribution in [3.63, 3.8) is 0 Å². The largest absolute Gasteiger partial charge is 0.493 e. The lowest BCUT2D eigenvalue weighted by atomic mass is 10.1. The second-order valence-corrected chi connectivity index (χ2v) is 7.24. The molecule has 1 heterocycles. The SMILES string of the molecule is COc1ccc(/C=N/N=C2/NC(=O)C(Cc3ccc(C)cc3)S2)cc1OC. The lowest BCUT2D eigenvalue weighted by molar-refractivity contribution is -0.118. The van der Waals surface area contributed by atoms with Gasteiger partial charge in [0.25, 0.3) is 0 Å². The quantitative estimate of drug-likeness (QED) is 0.614. The minimum Gasteiger partial charge on any atom is -0.493 e. The molecule has 1 aliphatic heterocycles. The van der Waals surface area contributed by atoms with E-state index in [1.165, 1.54) is 17.3 Å². The Morgan fingerprint density at radius 1 is 1.11 bits per heavy atom. The fourth-order valence-electron chi connectivity index (χ4n) is 2.61. The molecule has 0 bridgehead atoms. The fourth-order valence-corrected chi connectivity index (χ4v) is 3.57. The van der Waals surface area contributed by atoms with Gasteiger partial charge >= 0.3 is 0 Å². The van der Waals surface area contributed by atoms with Gasteiger partial charge in [-0.15, -0.1) is 5.10 Å². The normalized spacial score (nSPS) is 18.1. The summed E-state index contributed by atoms with van der Waals surface area (Å²) in [6.07, 6.45) is 2.27. The predicted molar refractivity (Wildman–Crippen MR) is 109 cm³/mol. The van der Waals surface area contributed by atoms with Crippen molar-refractivity contribution < 1.29 is 14.3 Å². The van der Waals surface area contributed by atoms with Crippen molar-refractivity contribution in [1.82, 2.24) is 5.32 Å². The molecule has 1 fully saturated rings. The highest BCUT2D eigenvalue weighted by molar-refractivity contribution is 8.15. The van der Waals surface area contributed by atoms with Gasteiger partial charge in [0, 0.05) is 0 Å². The first-order chi connectivity index (χ1) is 13.1. The number of methoxy groups -OCH3 is 2. The highest BCUT2D eigenvalue weighted by Crippen LogP contribution is 2.27. The Bertz CT molecular complexity index is 879. The summed E-state index contributed by atoms with van der Waals surface area (Å²) in [5.41, 5.74) is 3.15. The van der Waals surface area contributed by atoms with E-state index in [-0.39, 0.29) is 11.2 Å². The molecule has 0 spiro atoms. The number of hydrogen-bond acceptors (Lipinski definition) is 6. The number of benzene rings is 2. The Hall–Kier alpha value is -2.80. The topological polar surface area (TPSA) is 72.3 Å². The van der Waals surface area contributed by atoms with Gasteiger partial charge in [-0.2, -0.15) is 5.10 Å². The maximum Gasteiger partial charge on any atom is 0.239 e. The number of carbonyl (C=O) groups excluding carboxylic acids is 1. The van der Waals surface area contributed by atoms with E-state index >= 15 is 0 Å². The van der Waals surface area contributed by atoms with E-state index < -0.39 is 0 Å². The predicted octanol–water partition coefficient (Wildman–Crippen LogP) is 3.18. The summed E-state index contributed by atoms with van der Waals surface area (Å²) in [6, 6.07) is 13.7. The third kappa shape index (κ3) is 4.89. The minimum absolute atomic E-state index is 0.0411. The van der Waals surface area contributed by atoms with E-state index in [4.69, 9.17) is 9.47 Å². The molecule has 1 N–H and O–H groups in total. The van der Waals surface area contributed by atoms with Gasteiger partial charge in [0.1, 0.15) is 0 Å². The van der Waals surface area contributed by atoms with Crippen molar-refractivity contribution in [3.8, 4) is 11.5 Å². The van der Waals surface area contributed by atoms with E-state index in [1.807, 2.05) is 31.2 Å². The van der Waals surface area contributed by atoms with Gasteiger partial charge in [0.05, 0.1) is 25.7 Å². The number of thioether (sulfide) groups is 1. The van der Waals surface area contributed by atoms with Crippen LogP contribution in [0.25, 0.3) is 0 Å². The second-order valence-electron chi connectivity index (χ2n) is 6.05. The number of aryl methyl sites for hydroxylation is 1. The summed E-state index contributed by atoms with van der Waals surface area (Å²) in [5, 5.41) is 11.3. The van der Waals surface area contributed by atoms with E-state index in [0.29, 0.717) is 23.1 Å². The average Bonchev–Trinajstić information content (AvgIpc) is 3.02. The molecule has 7 heteroatoms. The van der Waals surface area contributed by atoms with Gasteiger partial charge < -0.3 is 14.8 Å². The molecular formula is C20H21N3O3S. The average molecular weight is 383 g/mol. The summed E-state index contributed by atoms with van der Waals surface area (Å²) in [4.78, 5) is 12.1. The van der Waals surface area contributed by atoms with Crippen LogP contribution < -0.4 is 14.8 Å². The summed E-state index contributed by atoms with van der Waals surface area (Å²) < 4.78 is 10.5. The highest BCUT2D eigenvalue weighted by atomic mass is 32.2. The summed E-state index contributed by atoms with van der Waals surface area (Å²) in [7, 11) is 3.17. The fraction of sp³-hybridized carbons (Fsp3) is 0.250. The number of nitrogens with zero attached hydrogens (tertiary/aromatic N) is 2. The van der Waals surface area contributed by atoms with Gasteiger partial charge in [-0.05, 0) is 42.7 Å². The van der Waals surface area contributed by atoms with Crippen LogP contribution in [0.3, 0.4) is 0 Å². The molecule has 0 saturated carbocycles. The molecule has 6 nitrogen and oxygen atoms in total. The van der Waals surface area contributed by atoms with Gasteiger partial charge in [-0.3, -0.25) is 4.79 Å². The molecule has 0 aromatic heterocycles. The zero-order chi connectivity index (χ0) is 19.2. The molecule has 1 saturated heterocycles. The van der Waals surface area contributed by atoms with Crippen molar-refractivity contribution in [3.05, 3.63) is 59.2 Å². The third-order valence-corrected chi connectivity index (χ3v) is 5.15. The van der Waals surface area contributed by atoms with Gasteiger partial charge in [0.15, 0.2) is 16.7 Å². The van der Waals surface area contributed by atoms with Crippen molar-refractivity contribution in [1.29, 1.82) is 0 Å². The van der Waals surface area contributed by atoms with Crippen LogP contribution in [-0.4, -0.2) is 36.8 Å². The number of hydrogen-bond donors (Lipinski definition) is 1. The Labute approximate surface area is 162 Å². The smallest absolute Gasteiger partial charge is 0.239 e. The molecule has 140 valence electrons. The molecule has 0 aliphatic carbocycles. The van der Waals surface area contributed by atoms with Gasteiger partial charge in [-0.25, -0.2) is 0 Å². The monoisotopic (exact) mass is 383 g/mol. The minimum atomic E-state index is -0.192. The number of amidine groups is 1. The molecular weight excluding hydrogens is 362 g/mol. The third-order valence-electron chi connectivity index (χ3n) is 4.08. The van der Waals surface area contributed by atoms with E-state index in [9.17, 15) is 4.79 Å². The van der Waals surface area contributed by atoms with Crippen molar-refractivity contribution in [2.75, 3.05) is 14.2 Å². The van der Waals surface area contributed by atoms with Gasteiger partial charge in [-0.1, -0.05) is 41.6 Å². The zero-order valence-electron chi connectivity index (χ0n) is 15.4. The van der Waals surface area contributed by atoms with Crippen LogP contribution in [-0.2, 0) is 11.2 Å². The number of carbonyl (C=O) groups is 1. The lowest BCUT2D eigenvalue weighted by Crippen LogP contribution is -2.25. The molecule has 2 aromatic rings. The summed E-state index contributed by atoms with van der Waals surface area (Å²) >= 11 is 1.40. The molecule has 2 aromatic carbocycles. The Balaban J connectivity index is 1.63. The molecule has 27 heavy (non-hydrogen) atoms. The molecule has 3 rings (SSSR count). The van der Waals surface area contributed by atoms with Crippen LogP contribution in [0, 0.1) is 6.92 Å². The van der Waals surface area contributed by atoms with Crippen LogP contribution in [0.5, 0.6) is 11.5 Å². The van der Waals surface area contributed by atoms with E-state index in [0.717, 1.165) is 11.1 Å². The number of nitrogens with one attached hydrogen (secondary N) is 1. The van der Waals surface area contributed by atoms with Crippen molar-refractivity contribution in [2.45, 2.75) is 18.6 Å². The Kier molecular flexibility index (Phi) is 6.13. The van der Waals surface area contributed by atoms with Crippen LogP contribution in [0.15, 0.2) is 52.7 Å². The number of rotatable bonds is 6. The van der Waals surface area contributed by atoms with Crippen molar-refractivity contribution in [2.24, 2.45) is 10.2 Å². The molecule has 1 unspecified atom stereocenters. The Morgan fingerprint density at radius 2 is 1.85 bits per heavy atom. The standard InChI is InChI=1S/C20H21N3O3S/c1-13-4-6-14(7-5-13)11-18-19(24)22-20(27-18)23-21-12-15-8-9-16(25-2)17(10-15)26-3/h4-10,12,18H,11H2,1-3H3,(H,22,23,24)/b21-12+.